The summed E-state index contributed by atoms with van der Waals surface area (Å²) in [5.41, 5.74) is 1.06. The molecule has 1 spiro atoms. The van der Waals surface area contributed by atoms with Crippen molar-refractivity contribution in [3.63, 3.8) is 0 Å². The highest BCUT2D eigenvalue weighted by Crippen LogP contribution is 2.57. The van der Waals surface area contributed by atoms with E-state index in [4.69, 9.17) is 4.42 Å². The van der Waals surface area contributed by atoms with Crippen LogP contribution in [0.15, 0.2) is 71.2 Å². The molecule has 4 heteroatoms. The third kappa shape index (κ3) is 3.59. The highest BCUT2D eigenvalue weighted by atomic mass is 16.3. The molecule has 2 bridgehead atoms. The van der Waals surface area contributed by atoms with Crippen molar-refractivity contribution in [3.05, 3.63) is 83.9 Å². The summed E-state index contributed by atoms with van der Waals surface area (Å²) in [5, 5.41) is 14.8. The van der Waals surface area contributed by atoms with Gasteiger partial charge in [0.1, 0.15) is 16.9 Å². The number of aliphatic hydroxyl groups excluding tert-OH is 1. The lowest BCUT2D eigenvalue weighted by Gasteiger charge is -2.49. The number of benzene rings is 1. The number of allylic oxidation sites excluding steroid dienone is 1. The summed E-state index contributed by atoms with van der Waals surface area (Å²) >= 11 is 0. The molecule has 3 aliphatic rings. The number of amides is 1. The molecule has 1 aromatic carbocycles. The van der Waals surface area contributed by atoms with Crippen molar-refractivity contribution in [2.45, 2.75) is 63.5 Å². The van der Waals surface area contributed by atoms with Crippen LogP contribution in [0.2, 0.25) is 0 Å². The highest BCUT2D eigenvalue weighted by Gasteiger charge is 2.67. The maximum absolute atomic E-state index is 14.0. The first kappa shape index (κ1) is 22.2. The van der Waals surface area contributed by atoms with Crippen molar-refractivity contribution in [1.29, 1.82) is 0 Å². The molecule has 1 aromatic heterocycles. The van der Waals surface area contributed by atoms with E-state index in [1.807, 2.05) is 30.3 Å². The zero-order valence-electron chi connectivity index (χ0n) is 19.7. The number of fused-ring (bicyclic) bond motifs is 2. The fourth-order valence-electron chi connectivity index (χ4n) is 6.62. The molecule has 3 heterocycles. The molecule has 2 fully saturated rings. The van der Waals surface area contributed by atoms with E-state index in [-0.39, 0.29) is 23.8 Å². The molecule has 2 N–H and O–H groups in total. The summed E-state index contributed by atoms with van der Waals surface area (Å²) < 4.78 is 6.43. The number of nitrogens with one attached hydrogen (secondary N) is 1. The second-order valence-electron chi connectivity index (χ2n) is 10.4. The lowest BCUT2D eigenvalue weighted by molar-refractivity contribution is -0.130. The first-order valence-electron chi connectivity index (χ1n) is 12.4. The van der Waals surface area contributed by atoms with E-state index >= 15 is 0 Å². The lowest BCUT2D eigenvalue weighted by atomic mass is 9.52. The fraction of sp³-hybridized carbons (Fsp3) is 0.483. The van der Waals surface area contributed by atoms with Gasteiger partial charge in [-0.05, 0) is 60.8 Å². The molecule has 5 rings (SSSR count). The zero-order valence-corrected chi connectivity index (χ0v) is 19.7. The Kier molecular flexibility index (Phi) is 5.82. The molecular formula is C29H35NO3. The Morgan fingerprint density at radius 3 is 2.76 bits per heavy atom. The van der Waals surface area contributed by atoms with Crippen molar-refractivity contribution >= 4 is 5.91 Å². The third-order valence-electron chi connectivity index (χ3n) is 8.39. The topological polar surface area (TPSA) is 62.5 Å². The van der Waals surface area contributed by atoms with Crippen molar-refractivity contribution in [2.24, 2.45) is 23.7 Å². The van der Waals surface area contributed by atoms with E-state index < -0.39 is 17.4 Å². The number of aliphatic hydroxyl groups is 1. The summed E-state index contributed by atoms with van der Waals surface area (Å²) in [6.45, 7) is 8.67. The van der Waals surface area contributed by atoms with Gasteiger partial charge in [-0.3, -0.25) is 4.79 Å². The van der Waals surface area contributed by atoms with Gasteiger partial charge in [0, 0.05) is 24.3 Å². The van der Waals surface area contributed by atoms with E-state index in [2.05, 4.69) is 50.0 Å². The van der Waals surface area contributed by atoms with E-state index in [1.165, 1.54) is 5.56 Å². The molecular weight excluding hydrogens is 410 g/mol. The molecule has 1 saturated carbocycles. The van der Waals surface area contributed by atoms with Crippen molar-refractivity contribution < 1.29 is 14.3 Å². The molecule has 1 aliphatic carbocycles. The molecule has 2 aliphatic heterocycles. The number of hydrogen-bond donors (Lipinski definition) is 2. The van der Waals surface area contributed by atoms with Crippen LogP contribution in [0.5, 0.6) is 0 Å². The van der Waals surface area contributed by atoms with Crippen LogP contribution < -0.4 is 5.32 Å². The van der Waals surface area contributed by atoms with Gasteiger partial charge in [0.15, 0.2) is 0 Å². The Balaban J connectivity index is 1.66. The largest absolute Gasteiger partial charge is 0.465 e. The summed E-state index contributed by atoms with van der Waals surface area (Å²) in [7, 11) is 0. The lowest BCUT2D eigenvalue weighted by Crippen LogP contribution is -2.57. The minimum Gasteiger partial charge on any atom is -0.465 e. The van der Waals surface area contributed by atoms with Crippen LogP contribution in [0, 0.1) is 23.7 Å². The molecule has 33 heavy (non-hydrogen) atoms. The normalized spacial score (nSPS) is 37.3. The van der Waals surface area contributed by atoms with Gasteiger partial charge < -0.3 is 14.8 Å². The maximum Gasteiger partial charge on any atom is 0.235 e. The summed E-state index contributed by atoms with van der Waals surface area (Å²) in [5.74, 6) is 1.64. The van der Waals surface area contributed by atoms with Gasteiger partial charge in [-0.25, -0.2) is 0 Å². The summed E-state index contributed by atoms with van der Waals surface area (Å²) in [6, 6.07) is 14.3. The van der Waals surface area contributed by atoms with Gasteiger partial charge in [0.2, 0.25) is 5.91 Å². The second kappa shape index (κ2) is 8.64. The van der Waals surface area contributed by atoms with Crippen LogP contribution in [0.1, 0.15) is 50.2 Å². The van der Waals surface area contributed by atoms with Crippen LogP contribution in [0.25, 0.3) is 0 Å². The molecule has 1 amide bonds. The molecule has 4 nitrogen and oxygen atoms in total. The van der Waals surface area contributed by atoms with E-state index in [1.54, 1.807) is 0 Å². The standard InChI is InChI=1S/C29H35NO3/c1-18-9-7-13-22-15-16-25(33-22)29-23(14-8-10-18)27(31)20(3)19(2)26(29)24(30-28(29)32)17-21-11-5-4-6-12-21/h4-6,8,11-12,14-16,18-19,23-24,26-27,31H,3,7,9-10,13,17H2,1-2H3,(H,30,32)/b14-8+/t18-,19-,23+,24+,26+,27-,29-/m1/s1. The number of hydrogen-bond acceptors (Lipinski definition) is 3. The monoisotopic (exact) mass is 445 g/mol. The Bertz CT molecular complexity index is 1050. The average molecular weight is 446 g/mol. The van der Waals surface area contributed by atoms with Crippen molar-refractivity contribution in [3.8, 4) is 0 Å². The first-order valence-corrected chi connectivity index (χ1v) is 12.4. The van der Waals surface area contributed by atoms with E-state index in [0.717, 1.165) is 43.4 Å². The molecule has 0 radical (unpaired) electrons. The number of furan rings is 1. The zero-order chi connectivity index (χ0) is 23.2. The number of aryl methyl sites for hydroxylation is 1. The first-order chi connectivity index (χ1) is 15.9. The van der Waals surface area contributed by atoms with Crippen LogP contribution in [-0.4, -0.2) is 23.2 Å². The summed E-state index contributed by atoms with van der Waals surface area (Å²) in [6.07, 6.45) is 8.22. The van der Waals surface area contributed by atoms with Gasteiger partial charge in [-0.2, -0.15) is 0 Å². The van der Waals surface area contributed by atoms with Gasteiger partial charge in [-0.15, -0.1) is 0 Å². The molecule has 0 unspecified atom stereocenters. The minimum atomic E-state index is -0.948. The van der Waals surface area contributed by atoms with Crippen LogP contribution in [0.4, 0.5) is 0 Å². The predicted octanol–water partition coefficient (Wildman–Crippen LogP) is 4.98. The molecule has 2 aromatic rings. The van der Waals surface area contributed by atoms with E-state index in [9.17, 15) is 9.90 Å². The van der Waals surface area contributed by atoms with Crippen LogP contribution >= 0.6 is 0 Å². The summed E-state index contributed by atoms with van der Waals surface area (Å²) in [4.78, 5) is 14.0. The Morgan fingerprint density at radius 1 is 1.18 bits per heavy atom. The molecule has 174 valence electrons. The average Bonchev–Trinajstić information content (AvgIpc) is 3.38. The van der Waals surface area contributed by atoms with E-state index in [0.29, 0.717) is 11.7 Å². The Labute approximate surface area is 196 Å². The Hall–Kier alpha value is -2.59. The van der Waals surface area contributed by atoms with Gasteiger partial charge in [-0.1, -0.05) is 62.9 Å². The Morgan fingerprint density at radius 2 is 1.97 bits per heavy atom. The second-order valence-corrected chi connectivity index (χ2v) is 10.4. The van der Waals surface area contributed by atoms with Crippen LogP contribution in [-0.2, 0) is 23.1 Å². The minimum absolute atomic E-state index is 0.0299. The quantitative estimate of drug-likeness (QED) is 0.641. The fourth-order valence-corrected chi connectivity index (χ4v) is 6.62. The van der Waals surface area contributed by atoms with Gasteiger partial charge in [0.25, 0.3) is 0 Å². The molecule has 1 saturated heterocycles. The highest BCUT2D eigenvalue weighted by molar-refractivity contribution is 5.92. The number of rotatable bonds is 2. The van der Waals surface area contributed by atoms with Crippen molar-refractivity contribution in [1.82, 2.24) is 5.32 Å². The van der Waals surface area contributed by atoms with Gasteiger partial charge in [0.05, 0.1) is 6.10 Å². The molecule has 7 atom stereocenters. The van der Waals surface area contributed by atoms with Gasteiger partial charge >= 0.3 is 0 Å². The predicted molar refractivity (Wildman–Crippen MR) is 130 cm³/mol. The SMILES string of the molecule is C=C1[C@@H](C)[C@H]2[C@H](Cc3ccccc3)NC(=O)[C@]23c2ccc(o2)CCC[C@@H](C)C/C=C/[C@H]3[C@@H]1O. The van der Waals surface area contributed by atoms with Crippen molar-refractivity contribution in [2.75, 3.05) is 0 Å². The number of carbonyl (C=O) groups is 1. The van der Waals surface area contributed by atoms with Crippen LogP contribution in [0.3, 0.4) is 0 Å². The maximum atomic E-state index is 14.0. The number of carbonyl (C=O) groups excluding carboxylic acids is 1. The third-order valence-corrected chi connectivity index (χ3v) is 8.39. The smallest absolute Gasteiger partial charge is 0.235 e.